The zero-order valence-electron chi connectivity index (χ0n) is 36.9. The van der Waals surface area contributed by atoms with Gasteiger partial charge in [-0.3, -0.25) is 23.7 Å². The highest BCUT2D eigenvalue weighted by atomic mass is 32.2. The fraction of sp³-hybridized carbons (Fsp3) is 0.628. The number of likely N-dealkylation sites (tertiary alicyclic amines) is 1. The van der Waals surface area contributed by atoms with Gasteiger partial charge in [-0.05, 0) is 76.3 Å². The molecule has 4 amide bonds. The summed E-state index contributed by atoms with van der Waals surface area (Å²) in [6, 6.07) is 4.08. The van der Waals surface area contributed by atoms with Crippen LogP contribution < -0.4 is 24.8 Å². The topological polar surface area (TPSA) is 200 Å². The minimum absolute atomic E-state index is 0.0561. The molecule has 3 N–H and O–H groups in total. The number of alkyl halides is 3. The summed E-state index contributed by atoms with van der Waals surface area (Å²) in [5.74, 6) is -2.15. The Morgan fingerprint density at radius 2 is 1.79 bits per heavy atom. The molecular formula is C43H58F3N7O9S. The summed E-state index contributed by atoms with van der Waals surface area (Å²) in [6.45, 7) is 10.2. The van der Waals surface area contributed by atoms with Gasteiger partial charge in [-0.2, -0.15) is 13.2 Å². The summed E-state index contributed by atoms with van der Waals surface area (Å²) in [7, 11) is -2.55. The van der Waals surface area contributed by atoms with Crippen molar-refractivity contribution in [1.29, 1.82) is 0 Å². The average molecular weight is 906 g/mol. The van der Waals surface area contributed by atoms with E-state index < -0.39 is 85.9 Å². The number of hydrogen-bond acceptors (Lipinski definition) is 11. The Kier molecular flexibility index (Phi) is 13.4. The van der Waals surface area contributed by atoms with Crippen LogP contribution in [-0.2, 0) is 29.1 Å². The Morgan fingerprint density at radius 3 is 2.37 bits per heavy atom. The van der Waals surface area contributed by atoms with Gasteiger partial charge in [0.2, 0.25) is 27.4 Å². The maximum atomic E-state index is 15.1. The SMILES string of the molecule is CCC[C@@H](C)C[C@@H](CC)[C@H](NC(=O)OC(C)(C)C(F)(F)F)C(=O)N1C[C@H](Oc2cc(-n3ccnc3)nc3cc(OC)ccc23)C[C@H]1C(=O)N[C@]1(C(=O)NS(=O)(=O)C2(C)CC2)C[C@H]1C. The van der Waals surface area contributed by atoms with Crippen molar-refractivity contribution in [2.24, 2.45) is 17.8 Å². The second-order valence-corrected chi connectivity index (χ2v) is 20.3. The molecule has 1 saturated heterocycles. The van der Waals surface area contributed by atoms with Crippen molar-refractivity contribution >= 4 is 44.7 Å². The molecule has 7 atom stereocenters. The Labute approximate surface area is 365 Å². The zero-order chi connectivity index (χ0) is 46.3. The molecule has 63 heavy (non-hydrogen) atoms. The third-order valence-electron chi connectivity index (χ3n) is 12.8. The summed E-state index contributed by atoms with van der Waals surface area (Å²) in [5, 5.41) is 5.80. The molecule has 0 radical (unpaired) electrons. The van der Waals surface area contributed by atoms with Crippen LogP contribution in [0.2, 0.25) is 0 Å². The van der Waals surface area contributed by atoms with Crippen molar-refractivity contribution in [2.75, 3.05) is 13.7 Å². The molecule has 2 aliphatic carbocycles. The number of benzene rings is 1. The van der Waals surface area contributed by atoms with E-state index in [9.17, 15) is 36.0 Å². The van der Waals surface area contributed by atoms with Gasteiger partial charge in [0.25, 0.3) is 5.91 Å². The quantitative estimate of drug-likeness (QED) is 0.136. The van der Waals surface area contributed by atoms with Crippen molar-refractivity contribution in [3.8, 4) is 17.3 Å². The predicted octanol–water partition coefficient (Wildman–Crippen LogP) is 5.96. The van der Waals surface area contributed by atoms with Gasteiger partial charge in [0.15, 0.2) is 0 Å². The molecule has 3 heterocycles. The van der Waals surface area contributed by atoms with Gasteiger partial charge in [0.05, 0.1) is 23.9 Å². The molecule has 0 spiro atoms. The molecule has 346 valence electrons. The van der Waals surface area contributed by atoms with Gasteiger partial charge >= 0.3 is 12.3 Å². The first-order chi connectivity index (χ1) is 29.5. The molecule has 1 aromatic carbocycles. The van der Waals surface area contributed by atoms with Crippen LogP contribution >= 0.6 is 0 Å². The molecule has 0 unspecified atom stereocenters. The first-order valence-electron chi connectivity index (χ1n) is 21.4. The molecular weight excluding hydrogens is 848 g/mol. The lowest BCUT2D eigenvalue weighted by atomic mass is 9.85. The second kappa shape index (κ2) is 17.8. The number of carbonyl (C=O) groups is 4. The van der Waals surface area contributed by atoms with E-state index >= 15 is 4.79 Å². The van der Waals surface area contributed by atoms with E-state index in [-0.39, 0.29) is 25.3 Å². The second-order valence-electron chi connectivity index (χ2n) is 18.1. The van der Waals surface area contributed by atoms with Crippen LogP contribution in [0, 0.1) is 17.8 Å². The number of nitrogens with one attached hydrogen (secondary N) is 3. The van der Waals surface area contributed by atoms with Crippen molar-refractivity contribution in [3.63, 3.8) is 0 Å². The van der Waals surface area contributed by atoms with E-state index in [2.05, 4.69) is 20.3 Å². The average Bonchev–Trinajstić information content (AvgIpc) is 3.92. The van der Waals surface area contributed by atoms with Gasteiger partial charge in [0.1, 0.15) is 47.4 Å². The van der Waals surface area contributed by atoms with Crippen LogP contribution in [0.25, 0.3) is 16.7 Å². The van der Waals surface area contributed by atoms with Crippen LogP contribution in [-0.4, -0.2) is 106 Å². The summed E-state index contributed by atoms with van der Waals surface area (Å²) in [4.78, 5) is 66.9. The fourth-order valence-corrected chi connectivity index (χ4v) is 9.51. The van der Waals surface area contributed by atoms with E-state index in [0.717, 1.165) is 12.8 Å². The number of pyridine rings is 1. The standard InChI is InChI=1S/C43H58F3N7O9S/c1-9-11-25(3)18-27(10-2)35(49-39(57)62-40(5,6)43(44,45)46)37(55)53-23-29(61-33-21-34(52-17-16-47-24-52)48-31-19-28(60-8)12-13-30(31)33)20-32(53)36(54)50-42(22-26(42)4)38(56)51-63(58,59)41(7)14-15-41/h12-13,16-17,19,21,24-27,29,32,35H,9-11,14-15,18,20,22-23H2,1-8H3,(H,49,57)(H,50,54)(H,51,56)/t25-,26-,27-,29-,32+,35+,42-/m1/s1. The minimum atomic E-state index is -4.93. The van der Waals surface area contributed by atoms with Gasteiger partial charge in [0, 0.05) is 36.3 Å². The van der Waals surface area contributed by atoms with Crippen LogP contribution in [0.3, 0.4) is 0 Å². The number of rotatable bonds is 18. The maximum Gasteiger partial charge on any atom is 0.427 e. The van der Waals surface area contributed by atoms with Gasteiger partial charge in [-0.25, -0.2) is 23.2 Å². The van der Waals surface area contributed by atoms with Crippen molar-refractivity contribution in [2.45, 2.75) is 140 Å². The Bertz CT molecular complexity index is 2310. The van der Waals surface area contributed by atoms with Crippen LogP contribution in [0.5, 0.6) is 11.5 Å². The van der Waals surface area contributed by atoms with Crippen molar-refractivity contribution < 1.29 is 55.0 Å². The molecule has 6 rings (SSSR count). The van der Waals surface area contributed by atoms with Crippen molar-refractivity contribution in [3.05, 3.63) is 43.0 Å². The Morgan fingerprint density at radius 1 is 1.10 bits per heavy atom. The summed E-state index contributed by atoms with van der Waals surface area (Å²) < 4.78 is 87.6. The smallest absolute Gasteiger partial charge is 0.427 e. The molecule has 3 aromatic rings. The Balaban J connectivity index is 1.37. The molecule has 0 bridgehead atoms. The predicted molar refractivity (Wildman–Crippen MR) is 225 cm³/mol. The maximum absolute atomic E-state index is 15.1. The molecule has 2 aromatic heterocycles. The number of ether oxygens (including phenoxy) is 3. The highest BCUT2D eigenvalue weighted by Crippen LogP contribution is 2.46. The van der Waals surface area contributed by atoms with Gasteiger partial charge in [-0.15, -0.1) is 0 Å². The van der Waals surface area contributed by atoms with Crippen LogP contribution in [0.15, 0.2) is 43.0 Å². The molecule has 3 fully saturated rings. The normalized spacial score (nSPS) is 23.3. The van der Waals surface area contributed by atoms with E-state index in [1.54, 1.807) is 61.4 Å². The minimum Gasteiger partial charge on any atom is -0.497 e. The third-order valence-corrected chi connectivity index (χ3v) is 15.0. The Hall–Kier alpha value is -5.14. The number of nitrogens with zero attached hydrogens (tertiary/aromatic N) is 4. The molecule has 20 heteroatoms. The van der Waals surface area contributed by atoms with E-state index in [1.807, 2.05) is 13.8 Å². The first-order valence-corrected chi connectivity index (χ1v) is 22.9. The summed E-state index contributed by atoms with van der Waals surface area (Å²) >= 11 is 0. The van der Waals surface area contributed by atoms with E-state index in [0.29, 0.717) is 67.8 Å². The lowest BCUT2D eigenvalue weighted by Gasteiger charge is -2.35. The molecule has 3 aliphatic rings. The lowest BCUT2D eigenvalue weighted by molar-refractivity contribution is -0.244. The largest absolute Gasteiger partial charge is 0.497 e. The number of methoxy groups -OCH3 is 1. The van der Waals surface area contributed by atoms with Gasteiger partial charge < -0.3 is 29.7 Å². The van der Waals surface area contributed by atoms with Crippen molar-refractivity contribution in [1.82, 2.24) is 34.8 Å². The summed E-state index contributed by atoms with van der Waals surface area (Å²) in [6.07, 6.45) is 0.627. The van der Waals surface area contributed by atoms with Crippen LogP contribution in [0.1, 0.15) is 99.8 Å². The number of aromatic nitrogens is 3. The zero-order valence-corrected chi connectivity index (χ0v) is 37.7. The highest BCUT2D eigenvalue weighted by Gasteiger charge is 2.62. The molecule has 16 nitrogen and oxygen atoms in total. The third kappa shape index (κ3) is 9.99. The summed E-state index contributed by atoms with van der Waals surface area (Å²) in [5.41, 5.74) is -4.00. The highest BCUT2D eigenvalue weighted by molar-refractivity contribution is 7.91. The monoisotopic (exact) mass is 905 g/mol. The fourth-order valence-electron chi connectivity index (χ4n) is 8.20. The number of sulfonamides is 1. The number of alkyl carbamates (subject to hydrolysis) is 1. The van der Waals surface area contributed by atoms with E-state index in [4.69, 9.17) is 19.2 Å². The number of halogens is 3. The number of carbonyl (C=O) groups excluding carboxylic acids is 4. The number of amides is 4. The van der Waals surface area contributed by atoms with E-state index in [1.165, 1.54) is 18.9 Å². The molecule has 1 aliphatic heterocycles. The first kappa shape index (κ1) is 47.3. The lowest BCUT2D eigenvalue weighted by Crippen LogP contribution is -2.60. The van der Waals surface area contributed by atoms with Gasteiger partial charge in [-0.1, -0.05) is 47.0 Å². The number of imidazole rings is 1. The van der Waals surface area contributed by atoms with Crippen LogP contribution in [0.4, 0.5) is 18.0 Å². The number of hydrogen-bond donors (Lipinski definition) is 3. The number of fused-ring (bicyclic) bond motifs is 1. The molecule has 2 saturated carbocycles.